The van der Waals surface area contributed by atoms with E-state index in [9.17, 15) is 5.11 Å². The van der Waals surface area contributed by atoms with Gasteiger partial charge in [0.25, 0.3) is 0 Å². The van der Waals surface area contributed by atoms with Gasteiger partial charge >= 0.3 is 0 Å². The van der Waals surface area contributed by atoms with Gasteiger partial charge in [-0.1, -0.05) is 65.5 Å². The molecule has 3 saturated carbocycles. The molecule has 0 aromatic heterocycles. The van der Waals surface area contributed by atoms with Gasteiger partial charge in [0, 0.05) is 0 Å². The first kappa shape index (κ1) is 21.0. The molecule has 0 saturated heterocycles. The molecule has 1 heteroatoms. The molecule has 28 heavy (non-hydrogen) atoms. The summed E-state index contributed by atoms with van der Waals surface area (Å²) >= 11 is 0. The van der Waals surface area contributed by atoms with Crippen LogP contribution in [0.5, 0.6) is 0 Å². The predicted molar refractivity (Wildman–Crippen MR) is 119 cm³/mol. The van der Waals surface area contributed by atoms with Crippen LogP contribution in [0.1, 0.15) is 105 Å². The van der Waals surface area contributed by atoms with E-state index in [1.54, 1.807) is 5.57 Å². The Morgan fingerprint density at radius 1 is 1.04 bits per heavy atom. The van der Waals surface area contributed by atoms with Crippen molar-refractivity contribution in [2.45, 2.75) is 111 Å². The van der Waals surface area contributed by atoms with E-state index in [1.165, 1.54) is 57.8 Å². The van der Waals surface area contributed by atoms with Crippen LogP contribution in [0.25, 0.3) is 0 Å². The van der Waals surface area contributed by atoms with E-state index in [4.69, 9.17) is 0 Å². The molecule has 4 aliphatic rings. The van der Waals surface area contributed by atoms with Gasteiger partial charge in [-0.3, -0.25) is 0 Å². The topological polar surface area (TPSA) is 20.2 Å². The molecule has 1 nitrogen and oxygen atoms in total. The summed E-state index contributed by atoms with van der Waals surface area (Å²) in [6.45, 7) is 12.5. The van der Waals surface area contributed by atoms with E-state index >= 15 is 0 Å². The first-order valence-corrected chi connectivity index (χ1v) is 12.6. The maximum Gasteiger partial charge on any atom is 0.0577 e. The average molecular weight is 387 g/mol. The molecule has 160 valence electrons. The smallest absolute Gasteiger partial charge is 0.0577 e. The quantitative estimate of drug-likeness (QED) is 0.488. The van der Waals surface area contributed by atoms with E-state index in [0.717, 1.165) is 48.3 Å². The van der Waals surface area contributed by atoms with Gasteiger partial charge in [0.1, 0.15) is 0 Å². The van der Waals surface area contributed by atoms with Gasteiger partial charge in [-0.15, -0.1) is 0 Å². The molecule has 0 radical (unpaired) electrons. The average Bonchev–Trinajstić information content (AvgIpc) is 3.07. The second-order valence-electron chi connectivity index (χ2n) is 12.2. The van der Waals surface area contributed by atoms with Crippen molar-refractivity contribution in [1.82, 2.24) is 0 Å². The number of hydrogen-bond donors (Lipinski definition) is 1. The van der Waals surface area contributed by atoms with Crippen LogP contribution in [0.4, 0.5) is 0 Å². The molecule has 0 aromatic carbocycles. The van der Waals surface area contributed by atoms with E-state index < -0.39 is 0 Å². The second-order valence-corrected chi connectivity index (χ2v) is 12.2. The maximum atomic E-state index is 10.2. The summed E-state index contributed by atoms with van der Waals surface area (Å²) in [7, 11) is 0. The van der Waals surface area contributed by atoms with Crippen LogP contribution in [-0.4, -0.2) is 11.2 Å². The Balaban J connectivity index is 1.49. The Labute approximate surface area is 174 Å². The largest absolute Gasteiger partial charge is 0.393 e. The van der Waals surface area contributed by atoms with E-state index in [-0.39, 0.29) is 6.10 Å². The van der Waals surface area contributed by atoms with Crippen molar-refractivity contribution in [3.63, 3.8) is 0 Å². The summed E-state index contributed by atoms with van der Waals surface area (Å²) in [5.41, 5.74) is 2.50. The van der Waals surface area contributed by atoms with Gasteiger partial charge < -0.3 is 5.11 Å². The normalized spacial score (nSPS) is 46.5. The Kier molecular flexibility index (Phi) is 5.80. The molecule has 4 rings (SSSR count). The van der Waals surface area contributed by atoms with E-state index in [2.05, 4.69) is 40.7 Å². The second kappa shape index (κ2) is 7.75. The Morgan fingerprint density at radius 2 is 1.82 bits per heavy atom. The number of hydrogen-bond acceptors (Lipinski definition) is 1. The Bertz CT molecular complexity index is 591. The highest BCUT2D eigenvalue weighted by molar-refractivity contribution is 5.27. The molecule has 1 N–H and O–H groups in total. The fourth-order valence-corrected chi connectivity index (χ4v) is 8.66. The number of rotatable bonds is 5. The van der Waals surface area contributed by atoms with Crippen molar-refractivity contribution in [1.29, 1.82) is 0 Å². The zero-order valence-corrected chi connectivity index (χ0v) is 19.3. The van der Waals surface area contributed by atoms with Crippen molar-refractivity contribution >= 4 is 0 Å². The molecule has 0 heterocycles. The highest BCUT2D eigenvalue weighted by Gasteiger charge is 2.59. The van der Waals surface area contributed by atoms with Gasteiger partial charge in [0.2, 0.25) is 0 Å². The van der Waals surface area contributed by atoms with Crippen molar-refractivity contribution in [3.05, 3.63) is 11.6 Å². The van der Waals surface area contributed by atoms with Gasteiger partial charge in [-0.25, -0.2) is 0 Å². The molecule has 2 unspecified atom stereocenters. The van der Waals surface area contributed by atoms with Crippen LogP contribution >= 0.6 is 0 Å². The fraction of sp³-hybridized carbons (Fsp3) is 0.926. The zero-order valence-electron chi connectivity index (χ0n) is 19.3. The monoisotopic (exact) mass is 386 g/mol. The lowest BCUT2D eigenvalue weighted by Gasteiger charge is -2.61. The van der Waals surface area contributed by atoms with Crippen LogP contribution in [0, 0.1) is 46.3 Å². The van der Waals surface area contributed by atoms with Crippen molar-refractivity contribution in [2.24, 2.45) is 46.3 Å². The third kappa shape index (κ3) is 3.42. The number of aliphatic hydroxyl groups excluding tert-OH is 1. The van der Waals surface area contributed by atoms with Crippen LogP contribution in [-0.2, 0) is 0 Å². The minimum atomic E-state index is -0.0810. The molecule has 0 aromatic rings. The molecule has 0 bridgehead atoms. The third-order valence-corrected chi connectivity index (χ3v) is 10.2. The first-order valence-electron chi connectivity index (χ1n) is 12.6. The predicted octanol–water partition coefficient (Wildman–Crippen LogP) is 7.39. The van der Waals surface area contributed by atoms with Crippen LogP contribution < -0.4 is 0 Å². The first-order chi connectivity index (χ1) is 13.3. The lowest BCUT2D eigenvalue weighted by atomic mass is 9.44. The molecule has 0 amide bonds. The zero-order chi connectivity index (χ0) is 20.1. The molecule has 0 spiro atoms. The Hall–Kier alpha value is -0.300. The molecular weight excluding hydrogens is 340 g/mol. The summed E-state index contributed by atoms with van der Waals surface area (Å²) in [5.74, 6) is 5.55. The minimum Gasteiger partial charge on any atom is -0.393 e. The number of fused-ring (bicyclic) bond motifs is 5. The van der Waals surface area contributed by atoms with E-state index in [1.807, 2.05) is 0 Å². The highest BCUT2D eigenvalue weighted by Crippen LogP contribution is 2.68. The van der Waals surface area contributed by atoms with E-state index in [0.29, 0.717) is 10.8 Å². The number of aliphatic hydroxyl groups is 1. The summed E-state index contributed by atoms with van der Waals surface area (Å²) in [6.07, 6.45) is 17.2. The van der Waals surface area contributed by atoms with Crippen LogP contribution in [0.2, 0.25) is 0 Å². The molecular formula is C27H46O. The lowest BCUT2D eigenvalue weighted by Crippen LogP contribution is -2.53. The van der Waals surface area contributed by atoms with Crippen LogP contribution in [0.3, 0.4) is 0 Å². The molecule has 8 atom stereocenters. The summed E-state index contributed by atoms with van der Waals surface area (Å²) < 4.78 is 0. The summed E-state index contributed by atoms with van der Waals surface area (Å²) in [6, 6.07) is 0. The maximum absolute atomic E-state index is 10.2. The standard InChI is InChI=1S/C27H46O/c1-18(2)7-6-8-19(3)22-9-11-24-23(22)10-12-25-26(4)16-14-21(28)17-20(26)13-15-27(24,25)5/h13,18-19,21-25,28H,6-12,14-17H2,1-5H3/t19?,21-,22+,23?,24+,25+,26-,27-/m0/s1. The van der Waals surface area contributed by atoms with Crippen LogP contribution in [0.15, 0.2) is 11.6 Å². The van der Waals surface area contributed by atoms with Crippen molar-refractivity contribution in [3.8, 4) is 0 Å². The molecule has 4 aliphatic carbocycles. The minimum absolute atomic E-state index is 0.0810. The van der Waals surface area contributed by atoms with Gasteiger partial charge in [0.05, 0.1) is 6.10 Å². The van der Waals surface area contributed by atoms with Crippen molar-refractivity contribution in [2.75, 3.05) is 0 Å². The lowest BCUT2D eigenvalue weighted by molar-refractivity contribution is -0.0772. The number of allylic oxidation sites excluding steroid dienone is 1. The highest BCUT2D eigenvalue weighted by atomic mass is 16.3. The summed E-state index contributed by atoms with van der Waals surface area (Å²) in [4.78, 5) is 0. The van der Waals surface area contributed by atoms with Gasteiger partial charge in [-0.2, -0.15) is 0 Å². The Morgan fingerprint density at radius 3 is 2.57 bits per heavy atom. The molecule has 3 fully saturated rings. The fourth-order valence-electron chi connectivity index (χ4n) is 8.66. The summed E-state index contributed by atoms with van der Waals surface area (Å²) in [5, 5.41) is 10.2. The van der Waals surface area contributed by atoms with Gasteiger partial charge in [0.15, 0.2) is 0 Å². The SMILES string of the molecule is CC(C)CCCC(C)[C@H]1CC[C@@H]2C1CC[C@H]1[C@@]2(C)CC=C2C[C@@H](O)CC[C@@]21C. The third-order valence-electron chi connectivity index (χ3n) is 10.2. The molecule has 0 aliphatic heterocycles. The van der Waals surface area contributed by atoms with Gasteiger partial charge in [-0.05, 0) is 97.7 Å². The van der Waals surface area contributed by atoms with Crippen molar-refractivity contribution < 1.29 is 5.11 Å².